The third-order valence-electron chi connectivity index (χ3n) is 1.97. The predicted molar refractivity (Wildman–Crippen MR) is 66.5 cm³/mol. The summed E-state index contributed by atoms with van der Waals surface area (Å²) in [6, 6.07) is 0. The molecule has 0 unspecified atom stereocenters. The second-order valence-corrected chi connectivity index (χ2v) is 3.72. The van der Waals surface area contributed by atoms with Crippen molar-refractivity contribution in [3.05, 3.63) is 12.4 Å². The van der Waals surface area contributed by atoms with Crippen LogP contribution in [0.1, 0.15) is 0 Å². The number of hydrogen-bond donors (Lipinski definition) is 2. The Bertz CT molecular complexity index is 408. The maximum atomic E-state index is 11.4. The zero-order valence-electron chi connectivity index (χ0n) is 9.98. The van der Waals surface area contributed by atoms with Gasteiger partial charge in [0.1, 0.15) is 12.4 Å². The lowest BCUT2D eigenvalue weighted by Crippen LogP contribution is -2.30. The molecule has 1 rings (SSSR count). The summed E-state index contributed by atoms with van der Waals surface area (Å²) >= 11 is 5.35. The van der Waals surface area contributed by atoms with Gasteiger partial charge in [0.05, 0.1) is 18.5 Å². The topological polar surface area (TPSA) is 85.2 Å². The molecule has 8 heteroatoms. The van der Waals surface area contributed by atoms with E-state index in [9.17, 15) is 9.59 Å². The lowest BCUT2D eigenvalue weighted by atomic mass is 10.5. The van der Waals surface area contributed by atoms with Crippen molar-refractivity contribution in [2.45, 2.75) is 6.54 Å². The Labute approximate surface area is 109 Å². The Morgan fingerprint density at radius 3 is 2.94 bits per heavy atom. The zero-order valence-corrected chi connectivity index (χ0v) is 10.7. The van der Waals surface area contributed by atoms with E-state index < -0.39 is 0 Å². The fourth-order valence-corrected chi connectivity index (χ4v) is 1.27. The van der Waals surface area contributed by atoms with Crippen LogP contribution in [0.2, 0.25) is 0 Å². The van der Waals surface area contributed by atoms with Gasteiger partial charge in [-0.15, -0.1) is 11.6 Å². The average Bonchev–Trinajstić information content (AvgIpc) is 2.76. The summed E-state index contributed by atoms with van der Waals surface area (Å²) in [6.07, 6.45) is 3.01. The fourth-order valence-electron chi connectivity index (χ4n) is 1.20. The third kappa shape index (κ3) is 5.15. The van der Waals surface area contributed by atoms with E-state index in [4.69, 9.17) is 16.3 Å². The summed E-state index contributed by atoms with van der Waals surface area (Å²) in [6.45, 7) is 0.995. The summed E-state index contributed by atoms with van der Waals surface area (Å²) in [4.78, 5) is 22.5. The minimum absolute atomic E-state index is 0.0838. The van der Waals surface area contributed by atoms with Gasteiger partial charge in [0, 0.05) is 19.9 Å². The molecule has 0 radical (unpaired) electrons. The number of amides is 2. The van der Waals surface area contributed by atoms with Crippen LogP contribution in [0.5, 0.6) is 0 Å². The van der Waals surface area contributed by atoms with Crippen molar-refractivity contribution in [3.63, 3.8) is 0 Å². The highest BCUT2D eigenvalue weighted by Crippen LogP contribution is 2.04. The van der Waals surface area contributed by atoms with Crippen molar-refractivity contribution in [2.24, 2.45) is 0 Å². The third-order valence-corrected chi connectivity index (χ3v) is 2.22. The van der Waals surface area contributed by atoms with Gasteiger partial charge in [-0.25, -0.2) is 0 Å². The molecule has 100 valence electrons. The van der Waals surface area contributed by atoms with E-state index in [-0.39, 0.29) is 24.2 Å². The molecule has 18 heavy (non-hydrogen) atoms. The van der Waals surface area contributed by atoms with E-state index in [0.29, 0.717) is 18.8 Å². The molecular weight excluding hydrogens is 260 g/mol. The first kappa shape index (κ1) is 14.5. The van der Waals surface area contributed by atoms with Crippen LogP contribution in [0, 0.1) is 0 Å². The van der Waals surface area contributed by atoms with Crippen molar-refractivity contribution in [1.29, 1.82) is 0 Å². The summed E-state index contributed by atoms with van der Waals surface area (Å²) in [5, 5.41) is 9.13. The van der Waals surface area contributed by atoms with Crippen molar-refractivity contribution < 1.29 is 14.3 Å². The summed E-state index contributed by atoms with van der Waals surface area (Å²) in [5.41, 5.74) is 0.505. The summed E-state index contributed by atoms with van der Waals surface area (Å²) in [7, 11) is 1.56. The van der Waals surface area contributed by atoms with Gasteiger partial charge in [-0.1, -0.05) is 0 Å². The largest absolute Gasteiger partial charge is 0.383 e. The highest BCUT2D eigenvalue weighted by atomic mass is 35.5. The van der Waals surface area contributed by atoms with Crippen LogP contribution in [0.25, 0.3) is 0 Å². The van der Waals surface area contributed by atoms with Gasteiger partial charge >= 0.3 is 0 Å². The SMILES string of the molecule is COCCNC(=O)Cn1cc(NC(=O)CCl)cn1. The van der Waals surface area contributed by atoms with Gasteiger partial charge in [-0.2, -0.15) is 5.10 Å². The lowest BCUT2D eigenvalue weighted by molar-refractivity contribution is -0.122. The van der Waals surface area contributed by atoms with Crippen molar-refractivity contribution >= 4 is 29.1 Å². The van der Waals surface area contributed by atoms with Crippen molar-refractivity contribution in [3.8, 4) is 0 Å². The Kier molecular flexibility index (Phi) is 6.16. The van der Waals surface area contributed by atoms with Gasteiger partial charge < -0.3 is 15.4 Å². The van der Waals surface area contributed by atoms with E-state index in [0.717, 1.165) is 0 Å². The molecule has 0 atom stereocenters. The summed E-state index contributed by atoms with van der Waals surface area (Å²) in [5.74, 6) is -0.617. The molecular formula is C10H15ClN4O3. The first-order valence-corrected chi connectivity index (χ1v) is 5.83. The lowest BCUT2D eigenvalue weighted by Gasteiger charge is -2.04. The number of nitrogens with zero attached hydrogens (tertiary/aromatic N) is 2. The molecule has 2 N–H and O–H groups in total. The fraction of sp³-hybridized carbons (Fsp3) is 0.500. The first-order chi connectivity index (χ1) is 8.65. The number of anilines is 1. The second-order valence-electron chi connectivity index (χ2n) is 3.45. The molecule has 0 aliphatic carbocycles. The van der Waals surface area contributed by atoms with Crippen LogP contribution in [-0.4, -0.2) is 47.7 Å². The number of carbonyl (C=O) groups excluding carboxylic acids is 2. The highest BCUT2D eigenvalue weighted by molar-refractivity contribution is 6.29. The Morgan fingerprint density at radius 2 is 2.28 bits per heavy atom. The molecule has 0 fully saturated rings. The molecule has 1 aromatic rings. The molecule has 1 aromatic heterocycles. The van der Waals surface area contributed by atoms with E-state index >= 15 is 0 Å². The van der Waals surface area contributed by atoms with Gasteiger partial charge in [-0.05, 0) is 0 Å². The summed E-state index contributed by atoms with van der Waals surface area (Å²) < 4.78 is 6.23. The maximum absolute atomic E-state index is 11.4. The molecule has 1 heterocycles. The highest BCUT2D eigenvalue weighted by Gasteiger charge is 2.06. The number of carbonyl (C=O) groups is 2. The van der Waals surface area contributed by atoms with Gasteiger partial charge in [0.25, 0.3) is 0 Å². The average molecular weight is 275 g/mol. The van der Waals surface area contributed by atoms with Gasteiger partial charge in [0.15, 0.2) is 0 Å². The molecule has 0 saturated heterocycles. The minimum Gasteiger partial charge on any atom is -0.383 e. The van der Waals surface area contributed by atoms with Crippen LogP contribution in [-0.2, 0) is 20.9 Å². The van der Waals surface area contributed by atoms with Crippen molar-refractivity contribution in [1.82, 2.24) is 15.1 Å². The molecule has 0 spiro atoms. The Hall–Kier alpha value is -1.60. The van der Waals surface area contributed by atoms with Gasteiger partial charge in [-0.3, -0.25) is 14.3 Å². The standard InChI is InChI=1S/C10H15ClN4O3/c1-18-3-2-12-10(17)7-15-6-8(5-13-15)14-9(16)4-11/h5-6H,2-4,7H2,1H3,(H,12,17)(H,14,16). The quantitative estimate of drug-likeness (QED) is 0.534. The molecule has 0 aromatic carbocycles. The van der Waals surface area contributed by atoms with E-state index in [2.05, 4.69) is 15.7 Å². The molecule has 0 aliphatic heterocycles. The Balaban J connectivity index is 2.38. The van der Waals surface area contributed by atoms with Crippen LogP contribution in [0.4, 0.5) is 5.69 Å². The zero-order chi connectivity index (χ0) is 13.4. The van der Waals surface area contributed by atoms with E-state index in [1.807, 2.05) is 0 Å². The monoisotopic (exact) mass is 274 g/mol. The molecule has 7 nitrogen and oxygen atoms in total. The molecule has 0 bridgehead atoms. The Morgan fingerprint density at radius 1 is 1.50 bits per heavy atom. The number of methoxy groups -OCH3 is 1. The number of nitrogens with one attached hydrogen (secondary N) is 2. The number of aromatic nitrogens is 2. The van der Waals surface area contributed by atoms with E-state index in [1.54, 1.807) is 13.3 Å². The second kappa shape index (κ2) is 7.67. The molecule has 0 aliphatic rings. The van der Waals surface area contributed by atoms with Crippen LogP contribution in [0.15, 0.2) is 12.4 Å². The number of rotatable bonds is 7. The predicted octanol–water partition coefficient (Wildman–Crippen LogP) is -0.177. The number of ether oxygens (including phenoxy) is 1. The minimum atomic E-state index is -0.319. The van der Waals surface area contributed by atoms with Gasteiger partial charge in [0.2, 0.25) is 11.8 Å². The maximum Gasteiger partial charge on any atom is 0.241 e. The van der Waals surface area contributed by atoms with E-state index in [1.165, 1.54) is 10.9 Å². The van der Waals surface area contributed by atoms with Crippen LogP contribution >= 0.6 is 11.6 Å². The van der Waals surface area contributed by atoms with Crippen molar-refractivity contribution in [2.75, 3.05) is 31.5 Å². The molecule has 2 amide bonds. The number of alkyl halides is 1. The first-order valence-electron chi connectivity index (χ1n) is 5.29. The number of hydrogen-bond acceptors (Lipinski definition) is 4. The molecule has 0 saturated carbocycles. The smallest absolute Gasteiger partial charge is 0.241 e. The normalized spacial score (nSPS) is 10.1. The number of halogens is 1. The van der Waals surface area contributed by atoms with Crippen LogP contribution < -0.4 is 10.6 Å². The van der Waals surface area contributed by atoms with Crippen LogP contribution in [0.3, 0.4) is 0 Å².